The van der Waals surface area contributed by atoms with Gasteiger partial charge in [0, 0.05) is 37.3 Å². The van der Waals surface area contributed by atoms with Crippen LogP contribution in [0.3, 0.4) is 0 Å². The number of rotatable bonds is 7. The van der Waals surface area contributed by atoms with Crippen molar-refractivity contribution in [1.29, 1.82) is 0 Å². The van der Waals surface area contributed by atoms with Crippen LogP contribution >= 0.6 is 11.3 Å². The van der Waals surface area contributed by atoms with E-state index in [-0.39, 0.29) is 0 Å². The van der Waals surface area contributed by atoms with Gasteiger partial charge in [-0.15, -0.1) is 5.10 Å². The zero-order valence-electron chi connectivity index (χ0n) is 20.4. The lowest BCUT2D eigenvalue weighted by Gasteiger charge is -2.33. The lowest BCUT2D eigenvalue weighted by Crippen LogP contribution is -2.38. The Balaban J connectivity index is 1.23. The van der Waals surface area contributed by atoms with E-state index in [9.17, 15) is 0 Å². The molecule has 9 nitrogen and oxygen atoms in total. The smallest absolute Gasteiger partial charge is 0.294 e. The number of benzene rings is 1. The van der Waals surface area contributed by atoms with Crippen LogP contribution in [0, 0.1) is 12.8 Å². The second-order valence-corrected chi connectivity index (χ2v) is 9.95. The summed E-state index contributed by atoms with van der Waals surface area (Å²) in [5, 5.41) is 5.80. The number of ether oxygens (including phenoxy) is 3. The number of imidazole rings is 1. The number of piperidine rings is 1. The molecule has 1 aliphatic rings. The Labute approximate surface area is 212 Å². The van der Waals surface area contributed by atoms with Crippen LogP contribution in [0.1, 0.15) is 18.4 Å². The Morgan fingerprint density at radius 1 is 1.17 bits per heavy atom. The molecule has 1 aromatic carbocycles. The highest BCUT2D eigenvalue weighted by Crippen LogP contribution is 2.37. The van der Waals surface area contributed by atoms with Crippen LogP contribution < -0.4 is 19.1 Å². The molecule has 1 atom stereocenters. The molecule has 10 heteroatoms. The van der Waals surface area contributed by atoms with Gasteiger partial charge in [-0.25, -0.2) is 14.5 Å². The first-order chi connectivity index (χ1) is 17.6. The van der Waals surface area contributed by atoms with Gasteiger partial charge in [-0.1, -0.05) is 6.07 Å². The Morgan fingerprint density at radius 3 is 2.86 bits per heavy atom. The van der Waals surface area contributed by atoms with Gasteiger partial charge in [0.25, 0.3) is 5.19 Å². The van der Waals surface area contributed by atoms with Gasteiger partial charge >= 0.3 is 0 Å². The van der Waals surface area contributed by atoms with E-state index in [1.165, 1.54) is 16.9 Å². The van der Waals surface area contributed by atoms with E-state index in [0.29, 0.717) is 40.5 Å². The van der Waals surface area contributed by atoms with Crippen LogP contribution in [-0.4, -0.2) is 53.5 Å². The van der Waals surface area contributed by atoms with Gasteiger partial charge in [-0.05, 0) is 48.8 Å². The van der Waals surface area contributed by atoms with Gasteiger partial charge in [0.1, 0.15) is 28.6 Å². The molecule has 4 aromatic heterocycles. The van der Waals surface area contributed by atoms with E-state index < -0.39 is 0 Å². The van der Waals surface area contributed by atoms with Crippen molar-refractivity contribution in [1.82, 2.24) is 19.6 Å². The van der Waals surface area contributed by atoms with Gasteiger partial charge < -0.3 is 23.5 Å². The monoisotopic (exact) mass is 505 g/mol. The Bertz CT molecular complexity index is 1470. The molecule has 36 heavy (non-hydrogen) atoms. The van der Waals surface area contributed by atoms with Gasteiger partial charge in [0.15, 0.2) is 5.76 Å². The summed E-state index contributed by atoms with van der Waals surface area (Å²) in [6, 6.07) is 9.97. The summed E-state index contributed by atoms with van der Waals surface area (Å²) in [6.07, 6.45) is 5.99. The maximum atomic E-state index is 6.39. The second kappa shape index (κ2) is 9.34. The lowest BCUT2D eigenvalue weighted by atomic mass is 9.99. The summed E-state index contributed by atoms with van der Waals surface area (Å²) in [5.41, 5.74) is 2.56. The molecule has 1 fully saturated rings. The van der Waals surface area contributed by atoms with E-state index in [4.69, 9.17) is 18.6 Å². The van der Waals surface area contributed by atoms with Crippen molar-refractivity contribution < 1.29 is 18.6 Å². The molecule has 0 N–H and O–H groups in total. The molecule has 1 aliphatic heterocycles. The van der Waals surface area contributed by atoms with Crippen LogP contribution in [0.15, 0.2) is 47.1 Å². The van der Waals surface area contributed by atoms with E-state index in [1.54, 1.807) is 18.7 Å². The SMILES string of the molecule is COc1cc(OCC2CCCN(c3ccc(C)cn3)C2)c2cc(-c3cn4nc(OC)sc4n3)oc2c1. The third kappa shape index (κ3) is 4.32. The Kier molecular flexibility index (Phi) is 5.88. The molecular weight excluding hydrogens is 478 g/mol. The van der Waals surface area contributed by atoms with Crippen molar-refractivity contribution in [2.45, 2.75) is 19.8 Å². The minimum Gasteiger partial charge on any atom is -0.496 e. The summed E-state index contributed by atoms with van der Waals surface area (Å²) in [7, 11) is 3.24. The topological polar surface area (TPSA) is 87.2 Å². The fourth-order valence-corrected chi connectivity index (χ4v) is 5.29. The predicted octanol–water partition coefficient (Wildman–Crippen LogP) is 5.22. The molecule has 0 amide bonds. The third-order valence-electron chi connectivity index (χ3n) is 6.47. The summed E-state index contributed by atoms with van der Waals surface area (Å²) < 4.78 is 25.0. The van der Waals surface area contributed by atoms with Crippen LogP contribution in [0.5, 0.6) is 16.7 Å². The number of hydrogen-bond donors (Lipinski definition) is 0. The first kappa shape index (κ1) is 22.7. The van der Waals surface area contributed by atoms with Crippen molar-refractivity contribution in [2.75, 3.05) is 38.8 Å². The Hall–Kier alpha value is -3.79. The molecule has 0 spiro atoms. The van der Waals surface area contributed by atoms with Crippen LogP contribution in [0.4, 0.5) is 5.82 Å². The van der Waals surface area contributed by atoms with E-state index in [1.807, 2.05) is 30.6 Å². The summed E-state index contributed by atoms with van der Waals surface area (Å²) in [6.45, 7) is 4.60. The van der Waals surface area contributed by atoms with Crippen LogP contribution in [0.2, 0.25) is 0 Å². The van der Waals surface area contributed by atoms with Crippen molar-refractivity contribution in [2.24, 2.45) is 5.92 Å². The molecule has 6 rings (SSSR count). The van der Waals surface area contributed by atoms with E-state index in [2.05, 4.69) is 39.0 Å². The number of aryl methyl sites for hydroxylation is 1. The molecule has 1 saturated heterocycles. The minimum atomic E-state index is 0.399. The van der Waals surface area contributed by atoms with E-state index >= 15 is 0 Å². The van der Waals surface area contributed by atoms with Crippen LogP contribution in [0.25, 0.3) is 27.4 Å². The zero-order chi connectivity index (χ0) is 24.6. The quantitative estimate of drug-likeness (QED) is 0.298. The molecule has 186 valence electrons. The molecule has 0 aliphatic carbocycles. The summed E-state index contributed by atoms with van der Waals surface area (Å²) in [4.78, 5) is 12.3. The third-order valence-corrected chi connectivity index (χ3v) is 7.36. The average Bonchev–Trinajstić information content (AvgIpc) is 3.60. The van der Waals surface area contributed by atoms with Gasteiger partial charge in [0.2, 0.25) is 4.96 Å². The fraction of sp³-hybridized carbons (Fsp3) is 0.346. The minimum absolute atomic E-state index is 0.399. The second-order valence-electron chi connectivity index (χ2n) is 9.03. The highest BCUT2D eigenvalue weighted by Gasteiger charge is 2.23. The zero-order valence-corrected chi connectivity index (χ0v) is 21.2. The maximum absolute atomic E-state index is 6.39. The predicted molar refractivity (Wildman–Crippen MR) is 139 cm³/mol. The van der Waals surface area contributed by atoms with Crippen LogP contribution in [-0.2, 0) is 0 Å². The molecule has 0 bridgehead atoms. The number of aromatic nitrogens is 4. The summed E-state index contributed by atoms with van der Waals surface area (Å²) >= 11 is 1.38. The molecule has 5 aromatic rings. The van der Waals surface area contributed by atoms with Crippen molar-refractivity contribution in [3.05, 3.63) is 48.3 Å². The normalized spacial score (nSPS) is 16.1. The highest BCUT2D eigenvalue weighted by atomic mass is 32.1. The molecule has 0 saturated carbocycles. The number of fused-ring (bicyclic) bond motifs is 2. The number of nitrogens with zero attached hydrogens (tertiary/aromatic N) is 5. The molecule has 5 heterocycles. The van der Waals surface area contributed by atoms with E-state index in [0.717, 1.165) is 47.8 Å². The molecule has 0 radical (unpaired) electrons. The van der Waals surface area contributed by atoms with Crippen molar-refractivity contribution in [3.8, 4) is 28.1 Å². The fourth-order valence-electron chi connectivity index (χ4n) is 4.59. The van der Waals surface area contributed by atoms with Gasteiger partial charge in [-0.2, -0.15) is 0 Å². The Morgan fingerprint density at radius 2 is 2.08 bits per heavy atom. The van der Waals surface area contributed by atoms with Gasteiger partial charge in [-0.3, -0.25) is 0 Å². The first-order valence-electron chi connectivity index (χ1n) is 11.9. The molecular formula is C26H27N5O4S. The number of hydrogen-bond acceptors (Lipinski definition) is 9. The van der Waals surface area contributed by atoms with Gasteiger partial charge in [0.05, 0.1) is 32.4 Å². The first-order valence-corrected chi connectivity index (χ1v) is 12.7. The average molecular weight is 506 g/mol. The number of furan rings is 1. The highest BCUT2D eigenvalue weighted by molar-refractivity contribution is 7.18. The maximum Gasteiger partial charge on any atom is 0.294 e. The lowest BCUT2D eigenvalue weighted by molar-refractivity contribution is 0.230. The number of pyridine rings is 1. The standard InChI is InChI=1S/C26H27N5O4S/c1-16-6-7-24(27-12-16)30-8-4-5-17(13-30)15-34-21-9-18(32-2)10-22-19(21)11-23(35-22)20-14-31-25(28-20)36-26(29-31)33-3/h6-7,9-12,14,17H,4-5,8,13,15H2,1-3H3. The largest absolute Gasteiger partial charge is 0.496 e. The van der Waals surface area contributed by atoms with Crippen molar-refractivity contribution in [3.63, 3.8) is 0 Å². The van der Waals surface area contributed by atoms with Crippen molar-refractivity contribution >= 4 is 33.1 Å². The molecule has 1 unspecified atom stereocenters. The summed E-state index contributed by atoms with van der Waals surface area (Å²) in [5.74, 6) is 3.50. The number of anilines is 1. The number of methoxy groups -OCH3 is 2.